The summed E-state index contributed by atoms with van der Waals surface area (Å²) in [5.74, 6) is -1.01. The molecule has 0 aliphatic carbocycles. The van der Waals surface area contributed by atoms with Gasteiger partial charge in [0.25, 0.3) is 0 Å². The van der Waals surface area contributed by atoms with Crippen molar-refractivity contribution in [3.05, 3.63) is 28.0 Å². The number of aliphatic hydroxyl groups excluding tert-OH is 1. The second-order valence-electron chi connectivity index (χ2n) is 4.66. The lowest BCUT2D eigenvalue weighted by atomic mass is 10.0. The lowest BCUT2D eigenvalue weighted by Gasteiger charge is -2.21. The van der Waals surface area contributed by atoms with Gasteiger partial charge < -0.3 is 5.11 Å². The largest absolute Gasteiger partial charge is 0.396 e. The zero-order valence-electron chi connectivity index (χ0n) is 11.0. The van der Waals surface area contributed by atoms with Crippen molar-refractivity contribution >= 4 is 33.2 Å². The van der Waals surface area contributed by atoms with Crippen LogP contribution < -0.4 is 4.72 Å². The number of sulfonamides is 1. The van der Waals surface area contributed by atoms with E-state index in [9.17, 15) is 12.8 Å². The standard InChI is InChI=1S/C12H16Cl2FNO3S/c1-7(2)9(5-6-17)16-20(18,19)10-4-3-8(13)12(15)11(10)14/h3-4,7,9,16-17H,5-6H2,1-2H3. The highest BCUT2D eigenvalue weighted by atomic mass is 35.5. The summed E-state index contributed by atoms with van der Waals surface area (Å²) in [5.41, 5.74) is 0. The van der Waals surface area contributed by atoms with Crippen molar-refractivity contribution in [2.75, 3.05) is 6.61 Å². The fourth-order valence-electron chi connectivity index (χ4n) is 1.65. The topological polar surface area (TPSA) is 66.4 Å². The minimum Gasteiger partial charge on any atom is -0.396 e. The Hall–Kier alpha value is -0.400. The van der Waals surface area contributed by atoms with Crippen LogP contribution in [0.2, 0.25) is 10.0 Å². The molecule has 0 aromatic heterocycles. The Morgan fingerprint density at radius 2 is 1.95 bits per heavy atom. The Labute approximate surface area is 127 Å². The third-order valence-corrected chi connectivity index (χ3v) is 5.15. The van der Waals surface area contributed by atoms with Gasteiger partial charge >= 0.3 is 0 Å². The maximum atomic E-state index is 13.6. The van der Waals surface area contributed by atoms with E-state index >= 15 is 0 Å². The molecule has 0 saturated heterocycles. The van der Waals surface area contributed by atoms with Crippen LogP contribution in [0.1, 0.15) is 20.3 Å². The molecule has 0 saturated carbocycles. The number of halogens is 3. The quantitative estimate of drug-likeness (QED) is 0.780. The molecule has 0 heterocycles. The predicted octanol–water partition coefficient (Wildman–Crippen LogP) is 2.82. The van der Waals surface area contributed by atoms with Gasteiger partial charge in [-0.15, -0.1) is 0 Å². The molecule has 0 bridgehead atoms. The van der Waals surface area contributed by atoms with Crippen LogP contribution >= 0.6 is 23.2 Å². The molecule has 0 amide bonds. The molecule has 20 heavy (non-hydrogen) atoms. The van der Waals surface area contributed by atoms with Gasteiger partial charge in [0.2, 0.25) is 10.0 Å². The third kappa shape index (κ3) is 4.05. The third-order valence-electron chi connectivity index (χ3n) is 2.84. The number of hydrogen-bond acceptors (Lipinski definition) is 3. The fourth-order valence-corrected chi connectivity index (χ4v) is 3.81. The number of rotatable bonds is 6. The molecule has 1 atom stereocenters. The maximum Gasteiger partial charge on any atom is 0.242 e. The first-order valence-corrected chi connectivity index (χ1v) is 8.21. The average molecular weight is 344 g/mol. The summed E-state index contributed by atoms with van der Waals surface area (Å²) in [4.78, 5) is -0.371. The Balaban J connectivity index is 3.14. The summed E-state index contributed by atoms with van der Waals surface area (Å²) >= 11 is 11.2. The molecular weight excluding hydrogens is 328 g/mol. The van der Waals surface area contributed by atoms with Gasteiger partial charge in [-0.1, -0.05) is 37.0 Å². The molecule has 4 nitrogen and oxygen atoms in total. The SMILES string of the molecule is CC(C)C(CCO)NS(=O)(=O)c1ccc(Cl)c(F)c1Cl. The van der Waals surface area contributed by atoms with Gasteiger partial charge in [0.15, 0.2) is 5.82 Å². The van der Waals surface area contributed by atoms with E-state index < -0.39 is 26.9 Å². The highest BCUT2D eigenvalue weighted by Gasteiger charge is 2.26. The number of aliphatic hydroxyl groups is 1. The van der Waals surface area contributed by atoms with Crippen LogP contribution in [0.4, 0.5) is 4.39 Å². The van der Waals surface area contributed by atoms with E-state index in [2.05, 4.69) is 4.72 Å². The predicted molar refractivity (Wildman–Crippen MR) is 77.1 cm³/mol. The van der Waals surface area contributed by atoms with Gasteiger partial charge in [-0.3, -0.25) is 0 Å². The zero-order chi connectivity index (χ0) is 15.5. The van der Waals surface area contributed by atoms with Gasteiger partial charge in [-0.2, -0.15) is 0 Å². The molecule has 1 rings (SSSR count). The molecular formula is C12H16Cl2FNO3S. The summed E-state index contributed by atoms with van der Waals surface area (Å²) in [5, 5.41) is 8.16. The van der Waals surface area contributed by atoms with E-state index in [1.807, 2.05) is 13.8 Å². The van der Waals surface area contributed by atoms with Gasteiger partial charge in [-0.25, -0.2) is 17.5 Å². The minimum absolute atomic E-state index is 0.0344. The van der Waals surface area contributed by atoms with E-state index in [0.29, 0.717) is 0 Å². The van der Waals surface area contributed by atoms with Crippen molar-refractivity contribution in [1.29, 1.82) is 0 Å². The van der Waals surface area contributed by atoms with Crippen LogP contribution in [0, 0.1) is 11.7 Å². The van der Waals surface area contributed by atoms with Gasteiger partial charge in [0.05, 0.1) is 10.0 Å². The highest BCUT2D eigenvalue weighted by Crippen LogP contribution is 2.29. The summed E-state index contributed by atoms with van der Waals surface area (Å²) in [6, 6.07) is 1.81. The zero-order valence-corrected chi connectivity index (χ0v) is 13.4. The molecule has 0 aliphatic heterocycles. The number of nitrogens with one attached hydrogen (secondary N) is 1. The Bertz CT molecular complexity index is 578. The molecule has 2 N–H and O–H groups in total. The van der Waals surface area contributed by atoms with E-state index in [0.717, 1.165) is 12.1 Å². The molecule has 0 spiro atoms. The van der Waals surface area contributed by atoms with Crippen molar-refractivity contribution in [2.45, 2.75) is 31.2 Å². The molecule has 0 fully saturated rings. The van der Waals surface area contributed by atoms with E-state index in [1.54, 1.807) is 0 Å². The van der Waals surface area contributed by atoms with Gasteiger partial charge in [0, 0.05) is 12.6 Å². The molecule has 8 heteroatoms. The molecule has 1 unspecified atom stereocenters. The van der Waals surface area contributed by atoms with Crippen LogP contribution in [0.25, 0.3) is 0 Å². The first-order valence-electron chi connectivity index (χ1n) is 5.97. The van der Waals surface area contributed by atoms with E-state index in [-0.39, 0.29) is 28.9 Å². The summed E-state index contributed by atoms with van der Waals surface area (Å²) in [6.07, 6.45) is 0.255. The number of hydrogen-bond donors (Lipinski definition) is 2. The molecule has 0 radical (unpaired) electrons. The Kier molecular flexibility index (Phi) is 6.22. The summed E-state index contributed by atoms with van der Waals surface area (Å²) in [7, 11) is -3.99. The van der Waals surface area contributed by atoms with Crippen molar-refractivity contribution in [3.63, 3.8) is 0 Å². The summed E-state index contributed by atoms with van der Waals surface area (Å²) in [6.45, 7) is 3.47. The number of benzene rings is 1. The van der Waals surface area contributed by atoms with Crippen molar-refractivity contribution in [2.24, 2.45) is 5.92 Å². The molecule has 1 aromatic carbocycles. The Morgan fingerprint density at radius 1 is 1.35 bits per heavy atom. The second kappa shape index (κ2) is 7.04. The van der Waals surface area contributed by atoms with Crippen LogP contribution in [0.3, 0.4) is 0 Å². The van der Waals surface area contributed by atoms with Crippen molar-refractivity contribution in [1.82, 2.24) is 4.72 Å². The van der Waals surface area contributed by atoms with Gasteiger partial charge in [-0.05, 0) is 24.5 Å². The van der Waals surface area contributed by atoms with Crippen LogP contribution in [0.15, 0.2) is 17.0 Å². The smallest absolute Gasteiger partial charge is 0.242 e. The highest BCUT2D eigenvalue weighted by molar-refractivity contribution is 7.89. The lowest BCUT2D eigenvalue weighted by Crippen LogP contribution is -2.39. The average Bonchev–Trinajstić information content (AvgIpc) is 2.34. The Morgan fingerprint density at radius 3 is 2.45 bits per heavy atom. The molecule has 114 valence electrons. The first kappa shape index (κ1) is 17.7. The van der Waals surface area contributed by atoms with Crippen molar-refractivity contribution < 1.29 is 17.9 Å². The van der Waals surface area contributed by atoms with E-state index in [4.69, 9.17) is 28.3 Å². The van der Waals surface area contributed by atoms with Crippen LogP contribution in [-0.4, -0.2) is 26.2 Å². The fraction of sp³-hybridized carbons (Fsp3) is 0.500. The summed E-state index contributed by atoms with van der Waals surface area (Å²) < 4.78 is 40.4. The van der Waals surface area contributed by atoms with Crippen LogP contribution in [0.5, 0.6) is 0 Å². The second-order valence-corrected chi connectivity index (χ2v) is 7.13. The van der Waals surface area contributed by atoms with Crippen LogP contribution in [-0.2, 0) is 10.0 Å². The van der Waals surface area contributed by atoms with E-state index in [1.165, 1.54) is 0 Å². The molecule has 1 aromatic rings. The van der Waals surface area contributed by atoms with Gasteiger partial charge in [0.1, 0.15) is 4.90 Å². The molecule has 0 aliphatic rings. The first-order chi connectivity index (χ1) is 9.20. The monoisotopic (exact) mass is 343 g/mol. The minimum atomic E-state index is -3.99. The normalized spacial score (nSPS) is 13.8. The maximum absolute atomic E-state index is 13.6. The van der Waals surface area contributed by atoms with Crippen molar-refractivity contribution in [3.8, 4) is 0 Å². The lowest BCUT2D eigenvalue weighted by molar-refractivity contribution is 0.256.